The summed E-state index contributed by atoms with van der Waals surface area (Å²) in [7, 11) is 1.59. The molecule has 4 aromatic rings. The lowest BCUT2D eigenvalue weighted by Crippen LogP contribution is -2.31. The maximum atomic E-state index is 13.7. The maximum Gasteiger partial charge on any atom is 0.296 e. The van der Waals surface area contributed by atoms with Crippen LogP contribution in [0, 0.1) is 20.8 Å². The molecule has 0 spiro atoms. The van der Waals surface area contributed by atoms with Crippen molar-refractivity contribution in [1.82, 2.24) is 9.97 Å². The van der Waals surface area contributed by atoms with Crippen molar-refractivity contribution in [2.45, 2.75) is 26.8 Å². The Morgan fingerprint density at radius 2 is 1.79 bits per heavy atom. The Morgan fingerprint density at radius 3 is 2.44 bits per heavy atom. The summed E-state index contributed by atoms with van der Waals surface area (Å²) in [4.78, 5) is 37.9. The number of anilines is 1. The summed E-state index contributed by atoms with van der Waals surface area (Å²) in [6, 6.07) is 12.2. The molecule has 5 rings (SSSR count). The molecule has 0 bridgehead atoms. The predicted octanol–water partition coefficient (Wildman–Crippen LogP) is 5.47. The van der Waals surface area contributed by atoms with Crippen molar-refractivity contribution < 1.29 is 19.4 Å². The Morgan fingerprint density at radius 1 is 1.06 bits per heavy atom. The first-order chi connectivity index (χ1) is 16.3. The van der Waals surface area contributed by atoms with Gasteiger partial charge < -0.3 is 9.84 Å². The summed E-state index contributed by atoms with van der Waals surface area (Å²) >= 11 is 2.56. The lowest BCUT2D eigenvalue weighted by molar-refractivity contribution is -0.117. The van der Waals surface area contributed by atoms with Crippen molar-refractivity contribution in [1.29, 1.82) is 0 Å². The summed E-state index contributed by atoms with van der Waals surface area (Å²) in [5.41, 5.74) is 3.07. The number of fused-ring (bicyclic) bond motifs is 1. The van der Waals surface area contributed by atoms with E-state index in [9.17, 15) is 14.7 Å². The second-order valence-corrected chi connectivity index (χ2v) is 10.3. The first kappa shape index (κ1) is 22.2. The van der Waals surface area contributed by atoms with Crippen molar-refractivity contribution in [2.75, 3.05) is 12.0 Å². The van der Waals surface area contributed by atoms with E-state index >= 15 is 0 Å². The molecule has 0 saturated carbocycles. The molecule has 7 nitrogen and oxygen atoms in total. The maximum absolute atomic E-state index is 13.7. The summed E-state index contributed by atoms with van der Waals surface area (Å²) < 4.78 is 6.14. The molecule has 9 heteroatoms. The molecule has 1 unspecified atom stereocenters. The quantitative estimate of drug-likeness (QED) is 0.372. The van der Waals surface area contributed by atoms with E-state index in [0.717, 1.165) is 15.3 Å². The molecule has 3 heterocycles. The number of ketones is 1. The number of aryl methyl sites for hydroxylation is 3. The van der Waals surface area contributed by atoms with Crippen LogP contribution < -0.4 is 9.64 Å². The van der Waals surface area contributed by atoms with Gasteiger partial charge in [0.05, 0.1) is 44.5 Å². The minimum atomic E-state index is -0.815. The number of nitrogens with zero attached hydrogens (tertiary/aromatic N) is 3. The second-order valence-electron chi connectivity index (χ2n) is 8.06. The number of methoxy groups -OCH3 is 1. The molecule has 1 aliphatic heterocycles. The van der Waals surface area contributed by atoms with E-state index in [4.69, 9.17) is 4.74 Å². The molecular weight excluding hydrogens is 470 g/mol. The van der Waals surface area contributed by atoms with Gasteiger partial charge in [0.15, 0.2) is 10.9 Å². The number of aliphatic hydroxyl groups is 1. The third-order valence-corrected chi connectivity index (χ3v) is 7.84. The average molecular weight is 492 g/mol. The van der Waals surface area contributed by atoms with E-state index in [1.54, 1.807) is 20.1 Å². The Kier molecular flexibility index (Phi) is 5.45. The van der Waals surface area contributed by atoms with Crippen molar-refractivity contribution in [3.8, 4) is 5.75 Å². The van der Waals surface area contributed by atoms with Crippen LogP contribution in [0.4, 0.5) is 5.13 Å². The topological polar surface area (TPSA) is 92.6 Å². The van der Waals surface area contributed by atoms with Crippen LogP contribution in [-0.2, 0) is 4.79 Å². The standard InChI is InChI=1S/C25H21N3O4S2/c1-12-5-7-15(8-6-12)20-19(21(29)23-13(2)26-14(3)33-23)22(30)24(31)28(20)25-27-17-10-9-16(32-4)11-18(17)34-25/h5-11,20,30H,1-4H3. The number of hydrogen-bond acceptors (Lipinski definition) is 8. The number of aromatic nitrogens is 2. The number of carbonyl (C=O) groups is 2. The zero-order valence-corrected chi connectivity index (χ0v) is 20.6. The molecule has 0 aliphatic carbocycles. The molecular formula is C25H21N3O4S2. The van der Waals surface area contributed by atoms with Gasteiger partial charge in [0.1, 0.15) is 5.75 Å². The minimum Gasteiger partial charge on any atom is -0.503 e. The van der Waals surface area contributed by atoms with Crippen LogP contribution in [0.25, 0.3) is 10.2 Å². The number of Topliss-reactive ketones (excluding diaryl/α,β-unsaturated/α-hetero) is 1. The number of amides is 1. The summed E-state index contributed by atoms with van der Waals surface area (Å²) in [5.74, 6) is -0.931. The van der Waals surface area contributed by atoms with E-state index in [-0.39, 0.29) is 5.57 Å². The van der Waals surface area contributed by atoms with Gasteiger partial charge in [-0.2, -0.15) is 0 Å². The van der Waals surface area contributed by atoms with Gasteiger partial charge in [-0.1, -0.05) is 41.2 Å². The summed E-state index contributed by atoms with van der Waals surface area (Å²) in [5, 5.41) is 12.1. The van der Waals surface area contributed by atoms with Gasteiger partial charge in [0.2, 0.25) is 5.78 Å². The lowest BCUT2D eigenvalue weighted by Gasteiger charge is -2.24. The lowest BCUT2D eigenvalue weighted by atomic mass is 9.94. The highest BCUT2D eigenvalue weighted by Crippen LogP contribution is 2.45. The third-order valence-electron chi connectivity index (χ3n) is 5.75. The molecule has 0 saturated heterocycles. The van der Waals surface area contributed by atoms with Gasteiger partial charge >= 0.3 is 0 Å². The van der Waals surface area contributed by atoms with Crippen LogP contribution in [0.2, 0.25) is 0 Å². The van der Waals surface area contributed by atoms with E-state index in [2.05, 4.69) is 9.97 Å². The van der Waals surface area contributed by atoms with E-state index in [1.807, 2.05) is 50.2 Å². The molecule has 1 atom stereocenters. The molecule has 34 heavy (non-hydrogen) atoms. The number of benzene rings is 2. The molecule has 172 valence electrons. The first-order valence-corrected chi connectivity index (χ1v) is 12.2. The van der Waals surface area contributed by atoms with Gasteiger partial charge in [-0.05, 0) is 44.5 Å². The fourth-order valence-corrected chi connectivity index (χ4v) is 5.98. The van der Waals surface area contributed by atoms with E-state index in [1.165, 1.54) is 27.6 Å². The number of rotatable bonds is 5. The number of aliphatic hydroxyl groups excluding tert-OH is 1. The van der Waals surface area contributed by atoms with Crippen LogP contribution in [0.5, 0.6) is 5.75 Å². The predicted molar refractivity (Wildman–Crippen MR) is 133 cm³/mol. The van der Waals surface area contributed by atoms with E-state index in [0.29, 0.717) is 32.5 Å². The van der Waals surface area contributed by atoms with Gasteiger partial charge in [-0.3, -0.25) is 14.5 Å². The molecule has 1 aliphatic rings. The van der Waals surface area contributed by atoms with Crippen molar-refractivity contribution in [3.05, 3.63) is 80.5 Å². The van der Waals surface area contributed by atoms with Crippen LogP contribution in [0.15, 0.2) is 53.8 Å². The van der Waals surface area contributed by atoms with Crippen LogP contribution in [-0.4, -0.2) is 33.9 Å². The largest absolute Gasteiger partial charge is 0.503 e. The van der Waals surface area contributed by atoms with E-state index < -0.39 is 23.5 Å². The van der Waals surface area contributed by atoms with Crippen molar-refractivity contribution in [3.63, 3.8) is 0 Å². The normalized spacial score (nSPS) is 16.1. The molecule has 2 aromatic heterocycles. The Balaban J connectivity index is 1.67. The van der Waals surface area contributed by atoms with Crippen LogP contribution in [0.1, 0.15) is 37.5 Å². The van der Waals surface area contributed by atoms with Crippen LogP contribution >= 0.6 is 22.7 Å². The van der Waals surface area contributed by atoms with Gasteiger partial charge in [0, 0.05) is 0 Å². The molecule has 1 N–H and O–H groups in total. The second kappa shape index (κ2) is 8.34. The van der Waals surface area contributed by atoms with Crippen molar-refractivity contribution in [2.24, 2.45) is 0 Å². The zero-order valence-electron chi connectivity index (χ0n) is 18.9. The first-order valence-electron chi connectivity index (χ1n) is 10.5. The molecule has 2 aromatic carbocycles. The Bertz CT molecular complexity index is 1480. The van der Waals surface area contributed by atoms with Gasteiger partial charge in [-0.25, -0.2) is 9.97 Å². The average Bonchev–Trinajstić information content (AvgIpc) is 3.46. The zero-order chi connectivity index (χ0) is 24.1. The fourth-order valence-electron chi connectivity index (χ4n) is 4.09. The minimum absolute atomic E-state index is 0.0393. The fraction of sp³-hybridized carbons (Fsp3) is 0.200. The Hall–Kier alpha value is -3.56. The van der Waals surface area contributed by atoms with Gasteiger partial charge in [-0.15, -0.1) is 11.3 Å². The summed E-state index contributed by atoms with van der Waals surface area (Å²) in [6.45, 7) is 5.54. The SMILES string of the molecule is COc1ccc2nc(N3C(=O)C(O)=C(C(=O)c4sc(C)nc4C)C3c3ccc(C)cc3)sc2c1. The number of ether oxygens (including phenoxy) is 1. The third kappa shape index (κ3) is 3.57. The number of thiazole rings is 2. The van der Waals surface area contributed by atoms with Gasteiger partial charge in [0.25, 0.3) is 5.91 Å². The number of carbonyl (C=O) groups excluding carboxylic acids is 2. The Labute approximate surface area is 204 Å². The highest BCUT2D eigenvalue weighted by atomic mass is 32.1. The molecule has 1 amide bonds. The number of hydrogen-bond donors (Lipinski definition) is 1. The van der Waals surface area contributed by atoms with Crippen LogP contribution in [0.3, 0.4) is 0 Å². The highest BCUT2D eigenvalue weighted by molar-refractivity contribution is 7.22. The van der Waals surface area contributed by atoms with Crippen molar-refractivity contribution >= 4 is 49.7 Å². The molecule has 0 fully saturated rings. The summed E-state index contributed by atoms with van der Waals surface area (Å²) in [6.07, 6.45) is 0. The molecule has 0 radical (unpaired) electrons. The smallest absolute Gasteiger partial charge is 0.296 e. The monoisotopic (exact) mass is 491 g/mol. The highest BCUT2D eigenvalue weighted by Gasteiger charge is 2.46.